The Bertz CT molecular complexity index is 1970. The molecule has 3 aromatic rings. The van der Waals surface area contributed by atoms with Crippen molar-refractivity contribution in [3.8, 4) is 22.8 Å². The fourth-order valence-electron chi connectivity index (χ4n) is 7.61. The summed E-state index contributed by atoms with van der Waals surface area (Å²) in [6.07, 6.45) is 5.29. The fourth-order valence-corrected chi connectivity index (χ4v) is 9.59. The van der Waals surface area contributed by atoms with E-state index in [0.717, 1.165) is 31.2 Å². The van der Waals surface area contributed by atoms with Crippen LogP contribution >= 0.6 is 7.37 Å². The van der Waals surface area contributed by atoms with Crippen LogP contribution in [0, 0.1) is 11.3 Å². The number of nitrogens with zero attached hydrogens (tertiary/aromatic N) is 2. The van der Waals surface area contributed by atoms with Crippen molar-refractivity contribution in [2.45, 2.75) is 95.8 Å². The van der Waals surface area contributed by atoms with E-state index in [1.807, 2.05) is 75.4 Å². The van der Waals surface area contributed by atoms with Gasteiger partial charge in [0.15, 0.2) is 0 Å². The maximum absolute atomic E-state index is 14.7. The molecule has 54 heavy (non-hydrogen) atoms. The maximum Gasteiger partial charge on any atom is 0.408 e. The number of hydrogen-bond acceptors (Lipinski definition) is 8. The smallest absolute Gasteiger partial charge is 0.408 e. The van der Waals surface area contributed by atoms with Crippen LogP contribution in [0.25, 0.3) is 22.2 Å². The lowest BCUT2D eigenvalue weighted by Gasteiger charge is -2.35. The number of ether oxygens (including phenoxy) is 3. The van der Waals surface area contributed by atoms with Crippen molar-refractivity contribution in [2.75, 3.05) is 13.7 Å². The van der Waals surface area contributed by atoms with Gasteiger partial charge in [-0.05, 0) is 62.4 Å². The largest absolute Gasteiger partial charge is 0.497 e. The van der Waals surface area contributed by atoms with Gasteiger partial charge in [0.1, 0.15) is 41.1 Å². The van der Waals surface area contributed by atoms with Crippen molar-refractivity contribution in [3.05, 3.63) is 79.1 Å². The van der Waals surface area contributed by atoms with Gasteiger partial charge in [-0.1, -0.05) is 63.3 Å². The Balaban J connectivity index is 1.35. The molecule has 3 fully saturated rings. The van der Waals surface area contributed by atoms with E-state index in [0.29, 0.717) is 28.1 Å². The fraction of sp³-hybridized carbons (Fsp3) is 0.463. The molecule has 0 spiro atoms. The SMILES string of the molecule is C=C[C@@H]1C[C@]1(NC(=O)[C@@H]1C[C@@H](Oc2cc(-c3ccccc3)nc3cc(OC)ccc23)CN1C(=O)[C@@H](NC(=O)OC1CCCC1)C(C)(C)C)P(=O)(O)C=CC. The van der Waals surface area contributed by atoms with Crippen molar-refractivity contribution in [3.63, 3.8) is 0 Å². The molecule has 3 amide bonds. The molecule has 0 radical (unpaired) electrons. The molecule has 288 valence electrons. The normalized spacial score (nSPS) is 24.5. The van der Waals surface area contributed by atoms with E-state index >= 15 is 0 Å². The Morgan fingerprint density at radius 1 is 1.09 bits per heavy atom. The number of aromatic nitrogens is 1. The third-order valence-corrected chi connectivity index (χ3v) is 13.1. The Labute approximate surface area is 316 Å². The predicted octanol–water partition coefficient (Wildman–Crippen LogP) is 7.16. The molecule has 2 aliphatic carbocycles. The zero-order chi connectivity index (χ0) is 38.8. The number of methoxy groups -OCH3 is 1. The summed E-state index contributed by atoms with van der Waals surface area (Å²) in [5.74, 6) is 0.841. The van der Waals surface area contributed by atoms with Gasteiger partial charge in [0.05, 0.1) is 24.9 Å². The number of hydrogen-bond donors (Lipinski definition) is 3. The molecule has 6 atom stereocenters. The van der Waals surface area contributed by atoms with Crippen LogP contribution in [0.2, 0.25) is 0 Å². The van der Waals surface area contributed by atoms with Crippen LogP contribution in [0.15, 0.2) is 79.1 Å². The van der Waals surface area contributed by atoms with E-state index in [-0.39, 0.29) is 25.5 Å². The third-order valence-electron chi connectivity index (χ3n) is 10.7. The second-order valence-corrected chi connectivity index (χ2v) is 17.9. The Morgan fingerprint density at radius 3 is 2.44 bits per heavy atom. The quantitative estimate of drug-likeness (QED) is 0.129. The summed E-state index contributed by atoms with van der Waals surface area (Å²) in [7, 11) is -2.44. The highest BCUT2D eigenvalue weighted by Crippen LogP contribution is 2.70. The van der Waals surface area contributed by atoms with Gasteiger partial charge in [0.2, 0.25) is 19.2 Å². The number of rotatable bonds is 12. The molecule has 1 aliphatic heterocycles. The summed E-state index contributed by atoms with van der Waals surface area (Å²) in [6.45, 7) is 11.0. The summed E-state index contributed by atoms with van der Waals surface area (Å²) in [4.78, 5) is 59.6. The highest BCUT2D eigenvalue weighted by molar-refractivity contribution is 7.63. The van der Waals surface area contributed by atoms with E-state index in [1.165, 1.54) is 16.8 Å². The molecule has 1 unspecified atom stereocenters. The summed E-state index contributed by atoms with van der Waals surface area (Å²) >= 11 is 0. The van der Waals surface area contributed by atoms with Gasteiger partial charge < -0.3 is 34.6 Å². The Morgan fingerprint density at radius 2 is 1.81 bits per heavy atom. The molecule has 0 bridgehead atoms. The summed E-state index contributed by atoms with van der Waals surface area (Å²) in [5.41, 5.74) is 1.41. The lowest BCUT2D eigenvalue weighted by Crippen LogP contribution is -2.58. The lowest BCUT2D eigenvalue weighted by molar-refractivity contribution is -0.142. The van der Waals surface area contributed by atoms with E-state index in [2.05, 4.69) is 17.2 Å². The maximum atomic E-state index is 14.7. The summed E-state index contributed by atoms with van der Waals surface area (Å²) in [6, 6.07) is 14.9. The molecule has 2 heterocycles. The average Bonchev–Trinajstić information content (AvgIpc) is 3.41. The number of carbonyl (C=O) groups excluding carboxylic acids is 3. The molecule has 13 heteroatoms. The number of likely N-dealkylation sites (tertiary alicyclic amines) is 1. The van der Waals surface area contributed by atoms with Gasteiger partial charge in [-0.25, -0.2) is 9.78 Å². The van der Waals surface area contributed by atoms with E-state index in [4.69, 9.17) is 19.2 Å². The first kappa shape index (κ1) is 39.0. The monoisotopic (exact) mass is 758 g/mol. The number of benzene rings is 2. The molecular weight excluding hydrogens is 707 g/mol. The zero-order valence-electron chi connectivity index (χ0n) is 31.6. The number of carbonyl (C=O) groups is 3. The van der Waals surface area contributed by atoms with Crippen molar-refractivity contribution < 1.29 is 38.1 Å². The predicted molar refractivity (Wildman–Crippen MR) is 207 cm³/mol. The van der Waals surface area contributed by atoms with Crippen LogP contribution in [-0.2, 0) is 18.9 Å². The highest BCUT2D eigenvalue weighted by Gasteiger charge is 2.65. The van der Waals surface area contributed by atoms with Gasteiger partial charge in [-0.2, -0.15) is 0 Å². The second kappa shape index (κ2) is 15.6. The van der Waals surface area contributed by atoms with Crippen LogP contribution in [0.5, 0.6) is 11.5 Å². The molecule has 3 N–H and O–H groups in total. The molecule has 1 saturated heterocycles. The number of fused-ring (bicyclic) bond motifs is 1. The van der Waals surface area contributed by atoms with Crippen molar-refractivity contribution >= 4 is 36.2 Å². The van der Waals surface area contributed by atoms with Crippen molar-refractivity contribution in [1.82, 2.24) is 20.5 Å². The van der Waals surface area contributed by atoms with Crippen LogP contribution in [0.4, 0.5) is 4.79 Å². The van der Waals surface area contributed by atoms with Crippen LogP contribution < -0.4 is 20.1 Å². The van der Waals surface area contributed by atoms with Crippen LogP contribution in [-0.4, -0.2) is 75.9 Å². The van der Waals surface area contributed by atoms with Gasteiger partial charge in [0.25, 0.3) is 0 Å². The molecule has 6 rings (SSSR count). The number of allylic oxidation sites excluding steroid dienone is 1. The number of alkyl carbamates (subject to hydrolysis) is 1. The third kappa shape index (κ3) is 8.05. The summed E-state index contributed by atoms with van der Waals surface area (Å²) < 4.78 is 31.5. The number of nitrogens with one attached hydrogen (secondary N) is 2. The molecule has 2 saturated carbocycles. The van der Waals surface area contributed by atoms with E-state index in [9.17, 15) is 23.8 Å². The van der Waals surface area contributed by atoms with Gasteiger partial charge in [-0.15, -0.1) is 6.58 Å². The average molecular weight is 759 g/mol. The second-order valence-electron chi connectivity index (χ2n) is 15.6. The van der Waals surface area contributed by atoms with Gasteiger partial charge in [-0.3, -0.25) is 14.2 Å². The summed E-state index contributed by atoms with van der Waals surface area (Å²) in [5, 5.41) is 4.97. The Kier molecular flexibility index (Phi) is 11.3. The van der Waals surface area contributed by atoms with E-state index in [1.54, 1.807) is 20.1 Å². The minimum absolute atomic E-state index is 0.00697. The molecule has 3 aliphatic rings. The molecular formula is C41H51N4O8P. The van der Waals surface area contributed by atoms with Gasteiger partial charge in [0, 0.05) is 35.4 Å². The molecule has 1 aromatic heterocycles. The Hall–Kier alpha value is -4.67. The van der Waals surface area contributed by atoms with Gasteiger partial charge >= 0.3 is 6.09 Å². The molecule has 2 aromatic carbocycles. The van der Waals surface area contributed by atoms with E-state index < -0.39 is 60.1 Å². The lowest BCUT2D eigenvalue weighted by atomic mass is 9.85. The highest BCUT2D eigenvalue weighted by atomic mass is 31.2. The minimum atomic E-state index is -4.02. The number of amides is 3. The van der Waals surface area contributed by atoms with Crippen molar-refractivity contribution in [1.29, 1.82) is 0 Å². The first-order chi connectivity index (χ1) is 25.7. The standard InChI is InChI=1S/C41H51N4O8P/c1-7-20-54(49,50)41(24-27(41)8-2)44-37(46)34-22-30(25-45(34)38(47)36(40(3,4)5)43-39(48)53-28-16-12-13-17-28)52-35-23-32(26-14-10-9-11-15-26)42-33-21-29(51-6)18-19-31(33)35/h7-11,14-15,18-21,23,27-28,30,34,36H,2,12-13,16-17,22,24-25H2,1,3-6H3,(H,43,48)(H,44,46)(H,49,50)/t27-,30-,34+,36-,41+/m1/s1. The zero-order valence-corrected chi connectivity index (χ0v) is 32.5. The van der Waals surface area contributed by atoms with Crippen LogP contribution in [0.1, 0.15) is 66.2 Å². The number of pyridine rings is 1. The minimum Gasteiger partial charge on any atom is -0.497 e. The van der Waals surface area contributed by atoms with Crippen LogP contribution in [0.3, 0.4) is 0 Å². The first-order valence-corrected chi connectivity index (χ1v) is 20.3. The topological polar surface area (TPSA) is 156 Å². The molecule has 12 nitrogen and oxygen atoms in total. The first-order valence-electron chi connectivity index (χ1n) is 18.6. The van der Waals surface area contributed by atoms with Crippen molar-refractivity contribution in [2.24, 2.45) is 11.3 Å².